The SMILES string of the molecule is O=S(=O)(Cl)c1c(C(F)(F)F)ncc(CBr)c1OC(F)(F)F. The summed E-state index contributed by atoms with van der Waals surface area (Å²) in [6.45, 7) is 0. The van der Waals surface area contributed by atoms with Crippen LogP contribution in [0.4, 0.5) is 26.3 Å². The number of alkyl halides is 7. The quantitative estimate of drug-likeness (QED) is 0.422. The molecule has 0 fully saturated rings. The molecule has 0 aliphatic rings. The molecule has 120 valence electrons. The van der Waals surface area contributed by atoms with Crippen LogP contribution in [0.2, 0.25) is 0 Å². The minimum absolute atomic E-state index is 0.407. The van der Waals surface area contributed by atoms with Gasteiger partial charge in [-0.3, -0.25) is 0 Å². The Morgan fingerprint density at radius 2 is 1.76 bits per heavy atom. The van der Waals surface area contributed by atoms with Crippen molar-refractivity contribution in [2.75, 3.05) is 0 Å². The van der Waals surface area contributed by atoms with Crippen molar-refractivity contribution in [3.8, 4) is 5.75 Å². The van der Waals surface area contributed by atoms with Crippen molar-refractivity contribution in [1.82, 2.24) is 4.98 Å². The van der Waals surface area contributed by atoms with Gasteiger partial charge in [0.2, 0.25) is 0 Å². The van der Waals surface area contributed by atoms with Crippen molar-refractivity contribution in [3.05, 3.63) is 17.5 Å². The third-order valence-corrected chi connectivity index (χ3v) is 3.87. The largest absolute Gasteiger partial charge is 0.573 e. The van der Waals surface area contributed by atoms with Gasteiger partial charge in [0.15, 0.2) is 16.3 Å². The van der Waals surface area contributed by atoms with Gasteiger partial charge in [-0.25, -0.2) is 13.4 Å². The average molecular weight is 423 g/mol. The number of pyridine rings is 1. The Bertz CT molecular complexity index is 645. The molecular weight excluding hydrogens is 420 g/mol. The highest BCUT2D eigenvalue weighted by Gasteiger charge is 2.44. The molecule has 0 unspecified atom stereocenters. The first-order valence-corrected chi connectivity index (χ1v) is 8.06. The zero-order valence-corrected chi connectivity index (χ0v) is 12.5. The standard InChI is InChI=1S/C8H3BrClF6NO3S/c9-1-3-2-17-6(7(11,12)13)5(21(10,18)19)4(3)20-8(14,15)16/h2H,1H2. The summed E-state index contributed by atoms with van der Waals surface area (Å²) in [5, 5.41) is -0.442. The molecule has 0 amide bonds. The van der Waals surface area contributed by atoms with E-state index in [2.05, 4.69) is 25.7 Å². The topological polar surface area (TPSA) is 56.3 Å². The van der Waals surface area contributed by atoms with Crippen LogP contribution in [0.5, 0.6) is 5.75 Å². The smallest absolute Gasteiger partial charge is 0.404 e. The van der Waals surface area contributed by atoms with Gasteiger partial charge in [0.1, 0.15) is 0 Å². The van der Waals surface area contributed by atoms with Gasteiger partial charge in [0, 0.05) is 27.8 Å². The van der Waals surface area contributed by atoms with Crippen molar-refractivity contribution in [2.45, 2.75) is 22.8 Å². The van der Waals surface area contributed by atoms with Crippen LogP contribution < -0.4 is 4.74 Å². The van der Waals surface area contributed by atoms with Crippen LogP contribution in [0, 0.1) is 0 Å². The lowest BCUT2D eigenvalue weighted by molar-refractivity contribution is -0.276. The highest BCUT2D eigenvalue weighted by molar-refractivity contribution is 9.08. The van der Waals surface area contributed by atoms with E-state index in [1.807, 2.05) is 0 Å². The Balaban J connectivity index is 3.80. The molecule has 0 saturated carbocycles. The van der Waals surface area contributed by atoms with Crippen molar-refractivity contribution in [3.63, 3.8) is 0 Å². The molecule has 0 aromatic carbocycles. The number of halogens is 8. The summed E-state index contributed by atoms with van der Waals surface area (Å²) in [4.78, 5) is 0.929. The van der Waals surface area contributed by atoms with Crippen LogP contribution >= 0.6 is 26.6 Å². The van der Waals surface area contributed by atoms with E-state index in [1.165, 1.54) is 0 Å². The molecule has 0 aliphatic heterocycles. The highest BCUT2D eigenvalue weighted by Crippen LogP contribution is 2.42. The van der Waals surface area contributed by atoms with E-state index in [-0.39, 0.29) is 0 Å². The second-order valence-corrected chi connectivity index (χ2v) is 6.47. The molecule has 0 atom stereocenters. The minimum atomic E-state index is -5.42. The van der Waals surface area contributed by atoms with E-state index >= 15 is 0 Å². The Morgan fingerprint density at radius 3 is 2.10 bits per heavy atom. The van der Waals surface area contributed by atoms with Crippen LogP contribution in [-0.4, -0.2) is 19.8 Å². The molecule has 0 radical (unpaired) electrons. The van der Waals surface area contributed by atoms with Crippen LogP contribution in [0.25, 0.3) is 0 Å². The third kappa shape index (κ3) is 4.61. The molecule has 0 saturated heterocycles. The van der Waals surface area contributed by atoms with Crippen molar-refractivity contribution < 1.29 is 39.5 Å². The molecule has 21 heavy (non-hydrogen) atoms. The van der Waals surface area contributed by atoms with E-state index in [9.17, 15) is 34.8 Å². The number of ether oxygens (including phenoxy) is 1. The summed E-state index contributed by atoms with van der Waals surface area (Å²) in [5.41, 5.74) is -2.67. The van der Waals surface area contributed by atoms with Crippen LogP contribution in [0.15, 0.2) is 11.1 Å². The van der Waals surface area contributed by atoms with Gasteiger partial charge in [0.25, 0.3) is 9.05 Å². The molecule has 0 aliphatic carbocycles. The molecule has 0 N–H and O–H groups in total. The van der Waals surface area contributed by atoms with Crippen LogP contribution in [0.3, 0.4) is 0 Å². The lowest BCUT2D eigenvalue weighted by Gasteiger charge is -2.18. The van der Waals surface area contributed by atoms with Crippen molar-refractivity contribution in [2.24, 2.45) is 0 Å². The first-order chi connectivity index (χ1) is 9.27. The van der Waals surface area contributed by atoms with Gasteiger partial charge >= 0.3 is 12.5 Å². The van der Waals surface area contributed by atoms with E-state index in [0.717, 1.165) is 0 Å². The summed E-state index contributed by atoms with van der Waals surface area (Å²) < 4.78 is 101. The zero-order valence-electron chi connectivity index (χ0n) is 9.39. The summed E-state index contributed by atoms with van der Waals surface area (Å²) in [6.07, 6.45) is -10.4. The molecule has 1 heterocycles. The number of hydrogen-bond donors (Lipinski definition) is 0. The lowest BCUT2D eigenvalue weighted by atomic mass is 10.2. The molecule has 4 nitrogen and oxygen atoms in total. The van der Waals surface area contributed by atoms with Crippen LogP contribution in [0.1, 0.15) is 11.3 Å². The molecule has 1 aromatic rings. The van der Waals surface area contributed by atoms with Gasteiger partial charge in [-0.2, -0.15) is 13.2 Å². The van der Waals surface area contributed by atoms with Gasteiger partial charge < -0.3 is 4.74 Å². The molecule has 1 aromatic heterocycles. The summed E-state index contributed by atoms with van der Waals surface area (Å²) in [7, 11) is -0.406. The summed E-state index contributed by atoms with van der Waals surface area (Å²) in [5.74, 6) is -1.57. The van der Waals surface area contributed by atoms with Crippen molar-refractivity contribution in [1.29, 1.82) is 0 Å². The van der Waals surface area contributed by atoms with Gasteiger partial charge in [-0.05, 0) is 0 Å². The number of rotatable bonds is 3. The molecule has 13 heteroatoms. The summed E-state index contributed by atoms with van der Waals surface area (Å²) in [6, 6.07) is 0. The number of aromatic nitrogens is 1. The molecule has 0 spiro atoms. The fourth-order valence-corrected chi connectivity index (χ4v) is 2.89. The lowest BCUT2D eigenvalue weighted by Crippen LogP contribution is -2.22. The predicted molar refractivity (Wildman–Crippen MR) is 61.6 cm³/mol. The second-order valence-electron chi connectivity index (χ2n) is 3.41. The first-order valence-electron chi connectivity index (χ1n) is 4.63. The van der Waals surface area contributed by atoms with Gasteiger partial charge in [-0.1, -0.05) is 15.9 Å². The van der Waals surface area contributed by atoms with Gasteiger partial charge in [0.05, 0.1) is 0 Å². The van der Waals surface area contributed by atoms with Crippen molar-refractivity contribution >= 4 is 35.7 Å². The van der Waals surface area contributed by atoms with E-state index in [0.29, 0.717) is 6.20 Å². The summed E-state index contributed by atoms with van der Waals surface area (Å²) >= 11 is 2.69. The molecule has 0 bridgehead atoms. The Morgan fingerprint density at radius 1 is 1.24 bits per heavy atom. The fourth-order valence-electron chi connectivity index (χ4n) is 1.26. The maximum Gasteiger partial charge on any atom is 0.573 e. The Hall–Kier alpha value is -0.750. The zero-order chi connectivity index (χ0) is 16.6. The molecule has 1 rings (SSSR count). The predicted octanol–water partition coefficient (Wildman–Crippen LogP) is 3.82. The molecular formula is C8H3BrClF6NO3S. The average Bonchev–Trinajstić information content (AvgIpc) is 2.23. The second kappa shape index (κ2) is 5.80. The maximum absolute atomic E-state index is 12.7. The number of hydrogen-bond acceptors (Lipinski definition) is 4. The fraction of sp³-hybridized carbons (Fsp3) is 0.375. The maximum atomic E-state index is 12.7. The van der Waals surface area contributed by atoms with E-state index in [4.69, 9.17) is 10.7 Å². The monoisotopic (exact) mass is 421 g/mol. The number of nitrogens with zero attached hydrogens (tertiary/aromatic N) is 1. The van der Waals surface area contributed by atoms with Crippen LogP contribution in [-0.2, 0) is 20.6 Å². The minimum Gasteiger partial charge on any atom is -0.404 e. The Labute approximate surface area is 126 Å². The third-order valence-electron chi connectivity index (χ3n) is 1.94. The highest BCUT2D eigenvalue weighted by atomic mass is 79.9. The first kappa shape index (κ1) is 18.3. The van der Waals surface area contributed by atoms with E-state index < -0.39 is 48.8 Å². The van der Waals surface area contributed by atoms with Gasteiger partial charge in [-0.15, -0.1) is 13.2 Å². The normalized spacial score (nSPS) is 13.3. The van der Waals surface area contributed by atoms with E-state index in [1.54, 1.807) is 0 Å². The Kier molecular flexibility index (Phi) is 5.05.